The Hall–Kier alpha value is -0.850. The van der Waals surface area contributed by atoms with Gasteiger partial charge in [0.2, 0.25) is 0 Å². The maximum absolute atomic E-state index is 4.17. The lowest BCUT2D eigenvalue weighted by Gasteiger charge is -1.92. The smallest absolute Gasteiger partial charge is 0.0403 e. The second-order valence-corrected chi connectivity index (χ2v) is 2.07. The minimum atomic E-state index is 0. The Bertz CT molecular complexity index is 158. The molecule has 0 saturated heterocycles. The van der Waals surface area contributed by atoms with E-state index < -0.39 is 0 Å². The number of aryl methyl sites for hydroxylation is 1. The van der Waals surface area contributed by atoms with Gasteiger partial charge in [-0.3, -0.25) is 4.98 Å². The Balaban J connectivity index is 0. The van der Waals surface area contributed by atoms with Gasteiger partial charge in [-0.25, -0.2) is 0 Å². The number of nitrogens with zero attached hydrogens (tertiary/aromatic N) is 1. The third-order valence-corrected chi connectivity index (χ3v) is 1.23. The van der Waals surface area contributed by atoms with Crippen molar-refractivity contribution < 1.29 is 0 Å². The number of aromatic nitrogens is 1. The summed E-state index contributed by atoms with van der Waals surface area (Å²) in [6, 6.07) is 6.03. The molecule has 1 aromatic heterocycles. The molecular weight excluding hydrogens is 146 g/mol. The molecule has 0 fully saturated rings. The van der Waals surface area contributed by atoms with Crippen LogP contribution in [-0.2, 0) is 6.42 Å². The van der Waals surface area contributed by atoms with Crippen molar-refractivity contribution in [2.45, 2.75) is 41.0 Å². The standard InChI is InChI=1S/C8H11N.C2H6.CH4/c1-2-5-8-6-3-4-7-9-8;1-2;/h3-4,6-7H,2,5H2,1H3;1-2H3;1H4. The summed E-state index contributed by atoms with van der Waals surface area (Å²) in [6.45, 7) is 6.16. The number of hydrogen-bond acceptors (Lipinski definition) is 1. The molecule has 0 bridgehead atoms. The lowest BCUT2D eigenvalue weighted by molar-refractivity contribution is 0.883. The highest BCUT2D eigenvalue weighted by Crippen LogP contribution is 1.95. The van der Waals surface area contributed by atoms with Crippen molar-refractivity contribution in [1.29, 1.82) is 0 Å². The first kappa shape index (κ1) is 13.7. The molecule has 1 heteroatoms. The zero-order valence-corrected chi connectivity index (χ0v) is 7.67. The molecule has 0 aliphatic rings. The normalized spacial score (nSPS) is 7.58. The molecule has 0 aliphatic carbocycles. The first-order valence-corrected chi connectivity index (χ1v) is 4.33. The minimum Gasteiger partial charge on any atom is -0.261 e. The molecule has 0 amide bonds. The van der Waals surface area contributed by atoms with Gasteiger partial charge < -0.3 is 0 Å². The lowest BCUT2D eigenvalue weighted by atomic mass is 10.2. The van der Waals surface area contributed by atoms with E-state index in [1.807, 2.05) is 32.2 Å². The van der Waals surface area contributed by atoms with Crippen molar-refractivity contribution in [3.63, 3.8) is 0 Å². The summed E-state index contributed by atoms with van der Waals surface area (Å²) in [5.74, 6) is 0. The van der Waals surface area contributed by atoms with Crippen LogP contribution in [0.1, 0.15) is 40.3 Å². The van der Waals surface area contributed by atoms with Crippen LogP contribution in [0.15, 0.2) is 24.4 Å². The van der Waals surface area contributed by atoms with Crippen LogP contribution in [-0.4, -0.2) is 4.98 Å². The molecule has 70 valence electrons. The van der Waals surface area contributed by atoms with E-state index in [-0.39, 0.29) is 7.43 Å². The van der Waals surface area contributed by atoms with Gasteiger partial charge in [-0.05, 0) is 18.6 Å². The van der Waals surface area contributed by atoms with Gasteiger partial charge in [0, 0.05) is 11.9 Å². The number of rotatable bonds is 2. The highest BCUT2D eigenvalue weighted by molar-refractivity contribution is 5.02. The predicted octanol–water partition coefficient (Wildman–Crippen LogP) is 3.70. The molecule has 0 spiro atoms. The fourth-order valence-corrected chi connectivity index (χ4v) is 0.802. The van der Waals surface area contributed by atoms with Crippen molar-refractivity contribution in [1.82, 2.24) is 4.98 Å². The highest BCUT2D eigenvalue weighted by atomic mass is 14.7. The van der Waals surface area contributed by atoms with Gasteiger partial charge in [0.15, 0.2) is 0 Å². The first-order chi connectivity index (χ1) is 5.43. The van der Waals surface area contributed by atoms with Crippen molar-refractivity contribution in [2.75, 3.05) is 0 Å². The molecule has 0 N–H and O–H groups in total. The third-order valence-electron chi connectivity index (χ3n) is 1.23. The van der Waals surface area contributed by atoms with Crippen LogP contribution >= 0.6 is 0 Å². The molecule has 1 nitrogen and oxygen atoms in total. The van der Waals surface area contributed by atoms with E-state index in [1.54, 1.807) is 0 Å². The molecule has 12 heavy (non-hydrogen) atoms. The molecule has 1 aromatic rings. The van der Waals surface area contributed by atoms with Crippen LogP contribution in [0.4, 0.5) is 0 Å². The Morgan fingerprint density at radius 3 is 2.33 bits per heavy atom. The summed E-state index contributed by atoms with van der Waals surface area (Å²) in [6.07, 6.45) is 4.11. The maximum atomic E-state index is 4.17. The van der Waals surface area contributed by atoms with Crippen LogP contribution in [0.25, 0.3) is 0 Å². The SMILES string of the molecule is C.CC.CCCc1ccccn1. The van der Waals surface area contributed by atoms with Crippen molar-refractivity contribution in [2.24, 2.45) is 0 Å². The molecule has 0 radical (unpaired) electrons. The topological polar surface area (TPSA) is 12.9 Å². The second-order valence-electron chi connectivity index (χ2n) is 2.07. The molecule has 0 saturated carbocycles. The Kier molecular flexibility index (Phi) is 11.6. The Morgan fingerprint density at radius 1 is 1.25 bits per heavy atom. The van der Waals surface area contributed by atoms with Crippen molar-refractivity contribution in [3.8, 4) is 0 Å². The van der Waals surface area contributed by atoms with E-state index in [1.165, 1.54) is 12.1 Å². The average molecular weight is 167 g/mol. The molecule has 0 atom stereocenters. The summed E-state index contributed by atoms with van der Waals surface area (Å²) in [4.78, 5) is 4.17. The zero-order chi connectivity index (χ0) is 8.53. The highest BCUT2D eigenvalue weighted by Gasteiger charge is 1.86. The van der Waals surface area contributed by atoms with Gasteiger partial charge >= 0.3 is 0 Å². The van der Waals surface area contributed by atoms with E-state index in [0.717, 1.165) is 6.42 Å². The second kappa shape index (κ2) is 10.2. The van der Waals surface area contributed by atoms with Crippen molar-refractivity contribution >= 4 is 0 Å². The van der Waals surface area contributed by atoms with Gasteiger partial charge in [0.1, 0.15) is 0 Å². The van der Waals surface area contributed by atoms with Crippen LogP contribution in [0, 0.1) is 0 Å². The molecule has 0 unspecified atom stereocenters. The van der Waals surface area contributed by atoms with E-state index in [0.29, 0.717) is 0 Å². The van der Waals surface area contributed by atoms with E-state index in [2.05, 4.69) is 18.0 Å². The van der Waals surface area contributed by atoms with E-state index >= 15 is 0 Å². The van der Waals surface area contributed by atoms with Crippen LogP contribution in [0.3, 0.4) is 0 Å². The molecule has 0 aliphatic heterocycles. The average Bonchev–Trinajstić information content (AvgIpc) is 2.11. The fourth-order valence-electron chi connectivity index (χ4n) is 0.802. The summed E-state index contributed by atoms with van der Waals surface area (Å²) in [7, 11) is 0. The zero-order valence-electron chi connectivity index (χ0n) is 7.67. The Labute approximate surface area is 76.9 Å². The quantitative estimate of drug-likeness (QED) is 0.654. The third kappa shape index (κ3) is 5.90. The summed E-state index contributed by atoms with van der Waals surface area (Å²) in [5, 5.41) is 0. The molecule has 0 aromatic carbocycles. The summed E-state index contributed by atoms with van der Waals surface area (Å²) < 4.78 is 0. The van der Waals surface area contributed by atoms with Crippen molar-refractivity contribution in [3.05, 3.63) is 30.1 Å². The van der Waals surface area contributed by atoms with Gasteiger partial charge in [-0.1, -0.05) is 40.7 Å². The predicted molar refractivity (Wildman–Crippen MR) is 56.3 cm³/mol. The number of pyridine rings is 1. The summed E-state index contributed by atoms with van der Waals surface area (Å²) >= 11 is 0. The first-order valence-electron chi connectivity index (χ1n) is 4.33. The molecular formula is C11H21N. The van der Waals surface area contributed by atoms with Crippen LogP contribution < -0.4 is 0 Å². The minimum absolute atomic E-state index is 0. The van der Waals surface area contributed by atoms with Gasteiger partial charge in [-0.15, -0.1) is 0 Å². The number of hydrogen-bond donors (Lipinski definition) is 0. The van der Waals surface area contributed by atoms with Gasteiger partial charge in [0.25, 0.3) is 0 Å². The maximum Gasteiger partial charge on any atom is 0.0403 e. The van der Waals surface area contributed by atoms with E-state index in [9.17, 15) is 0 Å². The Morgan fingerprint density at radius 2 is 1.92 bits per heavy atom. The molecule has 1 heterocycles. The van der Waals surface area contributed by atoms with Gasteiger partial charge in [-0.2, -0.15) is 0 Å². The monoisotopic (exact) mass is 167 g/mol. The van der Waals surface area contributed by atoms with Crippen LogP contribution in [0.2, 0.25) is 0 Å². The largest absolute Gasteiger partial charge is 0.261 e. The van der Waals surface area contributed by atoms with Gasteiger partial charge in [0.05, 0.1) is 0 Å². The molecule has 1 rings (SSSR count). The van der Waals surface area contributed by atoms with E-state index in [4.69, 9.17) is 0 Å². The summed E-state index contributed by atoms with van der Waals surface area (Å²) in [5.41, 5.74) is 1.19. The van der Waals surface area contributed by atoms with Crippen LogP contribution in [0.5, 0.6) is 0 Å². The lowest BCUT2D eigenvalue weighted by Crippen LogP contribution is -1.84. The fraction of sp³-hybridized carbons (Fsp3) is 0.545.